The molecular formula is C10H22N2OS. The minimum Gasteiger partial charge on any atom is -0.383 e. The summed E-state index contributed by atoms with van der Waals surface area (Å²) in [5.41, 5.74) is 0. The van der Waals surface area contributed by atoms with Crippen LogP contribution in [0.5, 0.6) is 0 Å². The standard InChI is InChI=1S/C10H22N2OS/c1-5-9(6-2)12-10(14)11-8(3)7-13-4/h8-9H,5-7H2,1-4H3,(H2,11,12,14). The minimum absolute atomic E-state index is 0.259. The van der Waals surface area contributed by atoms with Crippen LogP contribution in [0.3, 0.4) is 0 Å². The van der Waals surface area contributed by atoms with Crippen LogP contribution in [0, 0.1) is 0 Å². The lowest BCUT2D eigenvalue weighted by atomic mass is 10.2. The highest BCUT2D eigenvalue weighted by Crippen LogP contribution is 1.95. The smallest absolute Gasteiger partial charge is 0.166 e. The number of thiocarbonyl (C=S) groups is 1. The van der Waals surface area contributed by atoms with Gasteiger partial charge in [-0.3, -0.25) is 0 Å². The molecule has 1 atom stereocenters. The summed E-state index contributed by atoms with van der Waals surface area (Å²) in [7, 11) is 1.69. The Morgan fingerprint density at radius 2 is 1.86 bits per heavy atom. The highest BCUT2D eigenvalue weighted by Gasteiger charge is 2.07. The molecule has 0 bridgehead atoms. The summed E-state index contributed by atoms with van der Waals surface area (Å²) >= 11 is 5.18. The fourth-order valence-electron chi connectivity index (χ4n) is 1.24. The first-order valence-electron chi connectivity index (χ1n) is 5.19. The predicted molar refractivity (Wildman–Crippen MR) is 64.6 cm³/mol. The fourth-order valence-corrected chi connectivity index (χ4v) is 1.60. The summed E-state index contributed by atoms with van der Waals surface area (Å²) in [5, 5.41) is 7.17. The third-order valence-corrected chi connectivity index (χ3v) is 2.35. The van der Waals surface area contributed by atoms with Crippen molar-refractivity contribution in [2.24, 2.45) is 0 Å². The van der Waals surface area contributed by atoms with Crippen molar-refractivity contribution in [3.05, 3.63) is 0 Å². The summed E-state index contributed by atoms with van der Waals surface area (Å²) in [4.78, 5) is 0. The quantitative estimate of drug-likeness (QED) is 0.665. The SMILES string of the molecule is CCC(CC)NC(=S)NC(C)COC. The molecule has 2 N–H and O–H groups in total. The predicted octanol–water partition coefficient (Wildman–Crippen LogP) is 1.67. The lowest BCUT2D eigenvalue weighted by Crippen LogP contribution is -2.46. The van der Waals surface area contributed by atoms with E-state index in [2.05, 4.69) is 24.5 Å². The van der Waals surface area contributed by atoms with Crippen LogP contribution >= 0.6 is 12.2 Å². The highest BCUT2D eigenvalue weighted by atomic mass is 32.1. The van der Waals surface area contributed by atoms with Crippen molar-refractivity contribution in [1.82, 2.24) is 10.6 Å². The van der Waals surface area contributed by atoms with Crippen molar-refractivity contribution in [3.8, 4) is 0 Å². The summed E-state index contributed by atoms with van der Waals surface area (Å²) in [5.74, 6) is 0. The maximum atomic E-state index is 5.18. The van der Waals surface area contributed by atoms with Gasteiger partial charge >= 0.3 is 0 Å². The third kappa shape index (κ3) is 6.16. The average Bonchev–Trinajstić information content (AvgIpc) is 2.14. The second-order valence-electron chi connectivity index (χ2n) is 3.49. The van der Waals surface area contributed by atoms with Crippen LogP contribution in [0.15, 0.2) is 0 Å². The van der Waals surface area contributed by atoms with Crippen LogP contribution in [-0.4, -0.2) is 30.9 Å². The number of hydrogen-bond acceptors (Lipinski definition) is 2. The Hall–Kier alpha value is -0.350. The van der Waals surface area contributed by atoms with Gasteiger partial charge in [-0.15, -0.1) is 0 Å². The van der Waals surface area contributed by atoms with Crippen molar-refractivity contribution in [1.29, 1.82) is 0 Å². The first-order valence-corrected chi connectivity index (χ1v) is 5.60. The van der Waals surface area contributed by atoms with Crippen LogP contribution in [-0.2, 0) is 4.74 Å². The van der Waals surface area contributed by atoms with Gasteiger partial charge in [0.2, 0.25) is 0 Å². The molecule has 0 aromatic rings. The van der Waals surface area contributed by atoms with Gasteiger partial charge in [0, 0.05) is 19.2 Å². The zero-order valence-electron chi connectivity index (χ0n) is 9.59. The molecule has 0 heterocycles. The molecule has 0 spiro atoms. The van der Waals surface area contributed by atoms with E-state index in [0.717, 1.165) is 18.0 Å². The van der Waals surface area contributed by atoms with Gasteiger partial charge in [-0.25, -0.2) is 0 Å². The molecule has 0 saturated heterocycles. The van der Waals surface area contributed by atoms with Gasteiger partial charge in [-0.05, 0) is 32.0 Å². The van der Waals surface area contributed by atoms with E-state index in [1.807, 2.05) is 6.92 Å². The Morgan fingerprint density at radius 1 is 1.29 bits per heavy atom. The molecule has 0 saturated carbocycles. The van der Waals surface area contributed by atoms with Crippen LogP contribution < -0.4 is 10.6 Å². The summed E-state index contributed by atoms with van der Waals surface area (Å²) < 4.78 is 5.01. The lowest BCUT2D eigenvalue weighted by Gasteiger charge is -2.20. The number of nitrogens with one attached hydrogen (secondary N) is 2. The molecule has 0 rings (SSSR count). The molecule has 0 radical (unpaired) electrons. The van der Waals surface area contributed by atoms with Crippen LogP contribution in [0.25, 0.3) is 0 Å². The molecule has 0 aliphatic carbocycles. The normalized spacial score (nSPS) is 12.6. The zero-order chi connectivity index (χ0) is 11.0. The highest BCUT2D eigenvalue weighted by molar-refractivity contribution is 7.80. The number of methoxy groups -OCH3 is 1. The van der Waals surface area contributed by atoms with E-state index in [9.17, 15) is 0 Å². The van der Waals surface area contributed by atoms with Crippen molar-refractivity contribution < 1.29 is 4.74 Å². The van der Waals surface area contributed by atoms with Crippen molar-refractivity contribution in [2.75, 3.05) is 13.7 Å². The van der Waals surface area contributed by atoms with E-state index in [-0.39, 0.29) is 6.04 Å². The molecule has 4 heteroatoms. The van der Waals surface area contributed by atoms with Crippen LogP contribution in [0.4, 0.5) is 0 Å². The van der Waals surface area contributed by atoms with E-state index >= 15 is 0 Å². The first-order chi connectivity index (χ1) is 6.63. The Balaban J connectivity index is 3.73. The molecule has 0 aromatic heterocycles. The van der Waals surface area contributed by atoms with Gasteiger partial charge in [-0.1, -0.05) is 13.8 Å². The van der Waals surface area contributed by atoms with Crippen molar-refractivity contribution >= 4 is 17.3 Å². The Bertz CT molecular complexity index is 160. The summed E-state index contributed by atoms with van der Waals surface area (Å²) in [6.45, 7) is 7.03. The van der Waals surface area contributed by atoms with E-state index in [1.54, 1.807) is 7.11 Å². The molecule has 3 nitrogen and oxygen atoms in total. The number of rotatable bonds is 6. The van der Waals surface area contributed by atoms with Gasteiger partial charge < -0.3 is 15.4 Å². The van der Waals surface area contributed by atoms with Gasteiger partial charge in [0.1, 0.15) is 0 Å². The van der Waals surface area contributed by atoms with Crippen LogP contribution in [0.1, 0.15) is 33.6 Å². The molecule has 0 aromatic carbocycles. The largest absolute Gasteiger partial charge is 0.383 e. The van der Waals surface area contributed by atoms with Crippen molar-refractivity contribution in [2.45, 2.75) is 45.7 Å². The van der Waals surface area contributed by atoms with Gasteiger partial charge in [0.15, 0.2) is 5.11 Å². The molecule has 0 aliphatic rings. The molecule has 0 amide bonds. The average molecular weight is 218 g/mol. The monoisotopic (exact) mass is 218 g/mol. The van der Waals surface area contributed by atoms with Gasteiger partial charge in [-0.2, -0.15) is 0 Å². The molecular weight excluding hydrogens is 196 g/mol. The summed E-state index contributed by atoms with van der Waals surface area (Å²) in [6, 6.07) is 0.735. The van der Waals surface area contributed by atoms with E-state index in [1.165, 1.54) is 0 Å². The minimum atomic E-state index is 0.259. The van der Waals surface area contributed by atoms with Gasteiger partial charge in [0.25, 0.3) is 0 Å². The molecule has 0 aliphatic heterocycles. The van der Waals surface area contributed by atoms with E-state index in [0.29, 0.717) is 12.6 Å². The number of ether oxygens (including phenoxy) is 1. The lowest BCUT2D eigenvalue weighted by molar-refractivity contribution is 0.179. The molecule has 14 heavy (non-hydrogen) atoms. The first kappa shape index (κ1) is 13.7. The molecule has 0 fully saturated rings. The zero-order valence-corrected chi connectivity index (χ0v) is 10.4. The number of hydrogen-bond donors (Lipinski definition) is 2. The fraction of sp³-hybridized carbons (Fsp3) is 0.900. The Labute approximate surface area is 92.6 Å². The Kier molecular flexibility index (Phi) is 7.80. The van der Waals surface area contributed by atoms with E-state index < -0.39 is 0 Å². The van der Waals surface area contributed by atoms with Gasteiger partial charge in [0.05, 0.1) is 6.61 Å². The second kappa shape index (κ2) is 8.00. The van der Waals surface area contributed by atoms with Crippen molar-refractivity contribution in [3.63, 3.8) is 0 Å². The van der Waals surface area contributed by atoms with E-state index in [4.69, 9.17) is 17.0 Å². The molecule has 1 unspecified atom stereocenters. The maximum absolute atomic E-state index is 5.18. The van der Waals surface area contributed by atoms with Crippen LogP contribution in [0.2, 0.25) is 0 Å². The molecule has 84 valence electrons. The topological polar surface area (TPSA) is 33.3 Å². The summed E-state index contributed by atoms with van der Waals surface area (Å²) in [6.07, 6.45) is 2.19. The third-order valence-electron chi connectivity index (χ3n) is 2.11. The second-order valence-corrected chi connectivity index (χ2v) is 3.90. The maximum Gasteiger partial charge on any atom is 0.166 e. The Morgan fingerprint density at radius 3 is 2.29 bits per heavy atom.